The number of pyridine rings is 1. The molecule has 0 aliphatic heterocycles. The molecule has 6 heteroatoms. The maximum absolute atomic E-state index is 13.0. The lowest BCUT2D eigenvalue weighted by atomic mass is 9.96. The van der Waals surface area contributed by atoms with Crippen molar-refractivity contribution in [3.8, 4) is 11.3 Å². The molecule has 0 aliphatic rings. The molecule has 0 saturated carbocycles. The molecule has 0 amide bonds. The normalized spacial score (nSPS) is 10.5. The lowest BCUT2D eigenvalue weighted by Crippen LogP contribution is -2.35. The highest BCUT2D eigenvalue weighted by Crippen LogP contribution is 2.30. The number of hydrogen-bond acceptors (Lipinski definition) is 5. The van der Waals surface area contributed by atoms with Crippen LogP contribution in [-0.4, -0.2) is 26.2 Å². The van der Waals surface area contributed by atoms with Gasteiger partial charge in [-0.15, -0.1) is 0 Å². The monoisotopic (exact) mass is 337 g/mol. The molecule has 0 fully saturated rings. The van der Waals surface area contributed by atoms with Crippen LogP contribution < -0.4 is 4.73 Å². The van der Waals surface area contributed by atoms with Gasteiger partial charge >= 0.3 is 11.9 Å². The van der Waals surface area contributed by atoms with E-state index >= 15 is 0 Å². The third-order valence-electron chi connectivity index (χ3n) is 3.91. The Bertz CT molecular complexity index is 966. The van der Waals surface area contributed by atoms with Gasteiger partial charge < -0.3 is 14.7 Å². The molecule has 0 N–H and O–H groups in total. The zero-order chi connectivity index (χ0) is 18.0. The summed E-state index contributed by atoms with van der Waals surface area (Å²) in [5.41, 5.74) is 0.694. The number of esters is 2. The number of carbonyl (C=O) groups is 2. The molecule has 3 aromatic rings. The Morgan fingerprint density at radius 2 is 1.40 bits per heavy atom. The second kappa shape index (κ2) is 6.60. The Hall–Kier alpha value is -3.41. The Labute approximate surface area is 143 Å². The van der Waals surface area contributed by atoms with Gasteiger partial charge in [0.15, 0.2) is 0 Å². The lowest BCUT2D eigenvalue weighted by Gasteiger charge is -2.15. The molecule has 2 aromatic carbocycles. The first-order valence-corrected chi connectivity index (χ1v) is 7.50. The maximum atomic E-state index is 13.0. The largest absolute Gasteiger partial charge is 0.618 e. The molecule has 0 unspecified atom stereocenters. The van der Waals surface area contributed by atoms with Crippen molar-refractivity contribution in [2.24, 2.45) is 0 Å². The summed E-state index contributed by atoms with van der Waals surface area (Å²) >= 11 is 0. The Balaban J connectivity index is 2.55. The SMILES string of the molecule is COC(=O)c1c(C(=O)OC)c2ccccc2[n+]([O-])c1-c1ccccc1. The van der Waals surface area contributed by atoms with Crippen LogP contribution in [0.5, 0.6) is 0 Å². The van der Waals surface area contributed by atoms with Crippen LogP contribution in [0.2, 0.25) is 0 Å². The smallest absolute Gasteiger partial charge is 0.345 e. The Morgan fingerprint density at radius 3 is 2.04 bits per heavy atom. The summed E-state index contributed by atoms with van der Waals surface area (Å²) in [6.07, 6.45) is 0. The van der Waals surface area contributed by atoms with Gasteiger partial charge in [0.1, 0.15) is 5.56 Å². The van der Waals surface area contributed by atoms with Crippen LogP contribution in [0.15, 0.2) is 54.6 Å². The van der Waals surface area contributed by atoms with Crippen molar-refractivity contribution >= 4 is 22.8 Å². The molecule has 6 nitrogen and oxygen atoms in total. The van der Waals surface area contributed by atoms with E-state index in [1.54, 1.807) is 54.6 Å². The van der Waals surface area contributed by atoms with Crippen LogP contribution in [0.25, 0.3) is 22.2 Å². The summed E-state index contributed by atoms with van der Waals surface area (Å²) in [7, 11) is 2.42. The van der Waals surface area contributed by atoms with Gasteiger partial charge in [0.25, 0.3) is 0 Å². The first-order valence-electron chi connectivity index (χ1n) is 7.50. The standard InChI is InChI=1S/C19H15NO5/c1-24-18(21)15-13-10-6-7-11-14(13)20(23)17(16(15)19(22)25-2)12-8-4-3-5-9-12/h3-11H,1-2H3. The molecular formula is C19H15NO5. The fourth-order valence-corrected chi connectivity index (χ4v) is 2.81. The van der Waals surface area contributed by atoms with Crippen molar-refractivity contribution in [1.29, 1.82) is 0 Å². The third kappa shape index (κ3) is 2.67. The minimum Gasteiger partial charge on any atom is -0.618 e. The number of methoxy groups -OCH3 is 2. The maximum Gasteiger partial charge on any atom is 0.345 e. The van der Waals surface area contributed by atoms with Gasteiger partial charge in [-0.05, 0) is 18.2 Å². The number of ether oxygens (including phenoxy) is 2. The van der Waals surface area contributed by atoms with Crippen molar-refractivity contribution in [2.75, 3.05) is 14.2 Å². The number of benzene rings is 2. The van der Waals surface area contributed by atoms with Crippen LogP contribution in [0.3, 0.4) is 0 Å². The molecule has 0 radical (unpaired) electrons. The highest BCUT2D eigenvalue weighted by atomic mass is 16.5. The second-order valence-electron chi connectivity index (χ2n) is 5.26. The summed E-state index contributed by atoms with van der Waals surface area (Å²) in [4.78, 5) is 24.9. The predicted octanol–water partition coefficient (Wildman–Crippen LogP) is 2.71. The zero-order valence-corrected chi connectivity index (χ0v) is 13.7. The molecule has 0 spiro atoms. The van der Waals surface area contributed by atoms with Crippen molar-refractivity contribution < 1.29 is 23.8 Å². The average Bonchev–Trinajstić information content (AvgIpc) is 2.67. The number of aromatic nitrogens is 1. The van der Waals surface area contributed by atoms with E-state index in [-0.39, 0.29) is 22.3 Å². The molecular weight excluding hydrogens is 322 g/mol. The van der Waals surface area contributed by atoms with Gasteiger partial charge in [0, 0.05) is 11.6 Å². The quantitative estimate of drug-likeness (QED) is 0.417. The third-order valence-corrected chi connectivity index (χ3v) is 3.91. The van der Waals surface area contributed by atoms with Crippen LogP contribution in [-0.2, 0) is 9.47 Å². The first kappa shape index (κ1) is 16.4. The average molecular weight is 337 g/mol. The number of nitrogens with zero attached hydrogens (tertiary/aromatic N) is 1. The van der Waals surface area contributed by atoms with Gasteiger partial charge in [0.05, 0.1) is 25.2 Å². The van der Waals surface area contributed by atoms with Crippen molar-refractivity contribution in [3.05, 3.63) is 70.9 Å². The number of carbonyl (C=O) groups excluding carboxylic acids is 2. The number of fused-ring (bicyclic) bond motifs is 1. The van der Waals surface area contributed by atoms with Gasteiger partial charge in [-0.1, -0.05) is 30.3 Å². The summed E-state index contributed by atoms with van der Waals surface area (Å²) in [6.45, 7) is 0. The molecule has 3 rings (SSSR count). The van der Waals surface area contributed by atoms with E-state index in [1.165, 1.54) is 14.2 Å². The summed E-state index contributed by atoms with van der Waals surface area (Å²) in [6, 6.07) is 15.2. The topological polar surface area (TPSA) is 79.5 Å². The van der Waals surface area contributed by atoms with E-state index in [1.807, 2.05) is 0 Å². The van der Waals surface area contributed by atoms with Gasteiger partial charge in [-0.3, -0.25) is 0 Å². The molecule has 0 aliphatic carbocycles. The summed E-state index contributed by atoms with van der Waals surface area (Å²) in [5.74, 6) is -1.50. The highest BCUT2D eigenvalue weighted by Gasteiger charge is 2.33. The van der Waals surface area contributed by atoms with E-state index in [4.69, 9.17) is 9.47 Å². The van der Waals surface area contributed by atoms with Gasteiger partial charge in [-0.25, -0.2) is 9.59 Å². The molecule has 1 heterocycles. The molecule has 1 aromatic heterocycles. The van der Waals surface area contributed by atoms with E-state index in [0.717, 1.165) is 0 Å². The molecule has 25 heavy (non-hydrogen) atoms. The molecule has 0 saturated heterocycles. The van der Waals surface area contributed by atoms with Crippen LogP contribution in [0, 0.1) is 5.21 Å². The van der Waals surface area contributed by atoms with E-state index < -0.39 is 11.9 Å². The van der Waals surface area contributed by atoms with E-state index in [9.17, 15) is 14.8 Å². The minimum absolute atomic E-state index is 0.0101. The Morgan fingerprint density at radius 1 is 0.840 bits per heavy atom. The Kier molecular flexibility index (Phi) is 4.35. The number of hydrogen-bond donors (Lipinski definition) is 0. The summed E-state index contributed by atoms with van der Waals surface area (Å²) in [5, 5.41) is 13.3. The molecule has 0 bridgehead atoms. The van der Waals surface area contributed by atoms with Crippen LogP contribution in [0.4, 0.5) is 0 Å². The predicted molar refractivity (Wildman–Crippen MR) is 91.0 cm³/mol. The van der Waals surface area contributed by atoms with Crippen molar-refractivity contribution in [1.82, 2.24) is 0 Å². The van der Waals surface area contributed by atoms with Gasteiger partial charge in [0.2, 0.25) is 11.2 Å². The first-order chi connectivity index (χ1) is 12.1. The highest BCUT2D eigenvalue weighted by molar-refractivity contribution is 6.13. The van der Waals surface area contributed by atoms with Crippen LogP contribution >= 0.6 is 0 Å². The molecule has 126 valence electrons. The summed E-state index contributed by atoms with van der Waals surface area (Å²) < 4.78 is 10.3. The van der Waals surface area contributed by atoms with Gasteiger partial charge in [-0.2, -0.15) is 4.73 Å². The zero-order valence-electron chi connectivity index (χ0n) is 13.7. The lowest BCUT2D eigenvalue weighted by molar-refractivity contribution is -0.565. The van der Waals surface area contributed by atoms with E-state index in [2.05, 4.69) is 0 Å². The fraction of sp³-hybridized carbons (Fsp3) is 0.105. The van der Waals surface area contributed by atoms with Crippen molar-refractivity contribution in [2.45, 2.75) is 0 Å². The second-order valence-corrected chi connectivity index (χ2v) is 5.26. The number of rotatable bonds is 3. The minimum atomic E-state index is -0.783. The number of para-hydroxylation sites is 1. The molecule has 0 atom stereocenters. The van der Waals surface area contributed by atoms with Crippen LogP contribution in [0.1, 0.15) is 20.7 Å². The van der Waals surface area contributed by atoms with Crippen molar-refractivity contribution in [3.63, 3.8) is 0 Å². The van der Waals surface area contributed by atoms with E-state index in [0.29, 0.717) is 15.7 Å². The fourth-order valence-electron chi connectivity index (χ4n) is 2.81.